The van der Waals surface area contributed by atoms with Crippen molar-refractivity contribution in [2.45, 2.75) is 64.7 Å². The third kappa shape index (κ3) is 8.75. The van der Waals surface area contributed by atoms with Gasteiger partial charge in [0.1, 0.15) is 23.0 Å². The highest BCUT2D eigenvalue weighted by Crippen LogP contribution is 2.38. The molecule has 2 aliphatic rings. The molecular weight excluding hydrogens is 650 g/mol. The minimum atomic E-state index is -0.274. The molecule has 4 aromatic rings. The smallest absolute Gasteiger partial charge is 0.251 e. The largest absolute Gasteiger partial charge is 0.462 e. The fourth-order valence-corrected chi connectivity index (χ4v) is 6.36. The number of amides is 1. The molecule has 2 unspecified atom stereocenters. The van der Waals surface area contributed by atoms with Crippen LogP contribution in [0.5, 0.6) is 0 Å². The monoisotopic (exact) mass is 693 g/mol. The van der Waals surface area contributed by atoms with Gasteiger partial charge >= 0.3 is 0 Å². The summed E-state index contributed by atoms with van der Waals surface area (Å²) in [4.78, 5) is 39.4. The first-order valence-electron chi connectivity index (χ1n) is 15.9. The van der Waals surface area contributed by atoms with Crippen LogP contribution in [0.1, 0.15) is 63.0 Å². The van der Waals surface area contributed by atoms with Gasteiger partial charge in [-0.2, -0.15) is 0 Å². The number of hydrogen-bond acceptors (Lipinski definition) is 8. The molecule has 0 aliphatic carbocycles. The summed E-state index contributed by atoms with van der Waals surface area (Å²) < 4.78 is 12.6. The van der Waals surface area contributed by atoms with Gasteiger partial charge in [-0.3, -0.25) is 9.59 Å². The summed E-state index contributed by atoms with van der Waals surface area (Å²) in [5.41, 5.74) is 3.65. The number of para-hydroxylation sites is 1. The van der Waals surface area contributed by atoms with E-state index in [4.69, 9.17) is 19.2 Å². The number of hydrogen-bond donors (Lipinski definition) is 3. The van der Waals surface area contributed by atoms with E-state index in [1.165, 1.54) is 32.0 Å². The number of aromatic amines is 1. The Morgan fingerprint density at radius 1 is 1.26 bits per heavy atom. The van der Waals surface area contributed by atoms with Crippen molar-refractivity contribution < 1.29 is 19.1 Å². The van der Waals surface area contributed by atoms with Crippen molar-refractivity contribution in [1.29, 1.82) is 0 Å². The summed E-state index contributed by atoms with van der Waals surface area (Å²) in [6, 6.07) is 9.78. The van der Waals surface area contributed by atoms with Crippen LogP contribution in [-0.2, 0) is 21.4 Å². The zero-order valence-electron chi connectivity index (χ0n) is 26.9. The van der Waals surface area contributed by atoms with E-state index in [0.717, 1.165) is 50.0 Å². The van der Waals surface area contributed by atoms with Gasteiger partial charge in [-0.15, -0.1) is 0 Å². The molecule has 11 heteroatoms. The summed E-state index contributed by atoms with van der Waals surface area (Å²) >= 11 is 3.46. The van der Waals surface area contributed by atoms with Crippen LogP contribution in [0, 0.1) is 25.4 Å². The summed E-state index contributed by atoms with van der Waals surface area (Å²) in [5.74, 6) is 1.04. The predicted molar refractivity (Wildman–Crippen MR) is 183 cm³/mol. The van der Waals surface area contributed by atoms with Crippen molar-refractivity contribution in [2.75, 3.05) is 39.4 Å². The molecule has 0 bridgehead atoms. The van der Waals surface area contributed by atoms with Crippen molar-refractivity contribution in [3.8, 4) is 12.5 Å². The second-order valence-electron chi connectivity index (χ2n) is 12.0. The van der Waals surface area contributed by atoms with Crippen LogP contribution in [0.25, 0.3) is 22.1 Å². The van der Waals surface area contributed by atoms with E-state index in [9.17, 15) is 9.59 Å². The van der Waals surface area contributed by atoms with Crippen molar-refractivity contribution in [3.05, 3.63) is 68.4 Å². The molecule has 3 aromatic heterocycles. The van der Waals surface area contributed by atoms with E-state index in [0.29, 0.717) is 45.6 Å². The van der Waals surface area contributed by atoms with Crippen LogP contribution >= 0.6 is 15.9 Å². The van der Waals surface area contributed by atoms with Crippen molar-refractivity contribution in [1.82, 2.24) is 25.2 Å². The summed E-state index contributed by atoms with van der Waals surface area (Å²) in [5, 5.41) is 11.3. The van der Waals surface area contributed by atoms with Gasteiger partial charge in [-0.1, -0.05) is 32.4 Å². The molecular formula is C35H44BrN5O5. The molecule has 6 rings (SSSR count). The molecule has 1 aromatic carbocycles. The fraction of sp³-hybridized carbons (Fsp3) is 0.486. The molecule has 5 heterocycles. The Kier molecular flexibility index (Phi) is 12.8. The maximum absolute atomic E-state index is 12.9. The van der Waals surface area contributed by atoms with Gasteiger partial charge in [0, 0.05) is 59.6 Å². The maximum Gasteiger partial charge on any atom is 0.251 e. The number of aromatic nitrogens is 3. The number of aliphatic hydroxyl groups is 1. The van der Waals surface area contributed by atoms with E-state index >= 15 is 0 Å². The Labute approximate surface area is 278 Å². The van der Waals surface area contributed by atoms with E-state index < -0.39 is 0 Å². The Morgan fingerprint density at radius 2 is 2.00 bits per heavy atom. The average Bonchev–Trinajstić information content (AvgIpc) is 3.75. The number of benzene rings is 1. The van der Waals surface area contributed by atoms with Crippen molar-refractivity contribution in [2.24, 2.45) is 5.92 Å². The Morgan fingerprint density at radius 3 is 2.70 bits per heavy atom. The molecule has 46 heavy (non-hydrogen) atoms. The summed E-state index contributed by atoms with van der Waals surface area (Å²) in [7, 11) is 0. The number of furan rings is 1. The second kappa shape index (κ2) is 16.7. The summed E-state index contributed by atoms with van der Waals surface area (Å²) in [6.07, 6.45) is 12.3. The maximum atomic E-state index is 12.9. The topological polar surface area (TPSA) is 134 Å². The van der Waals surface area contributed by atoms with Gasteiger partial charge in [0.15, 0.2) is 5.58 Å². The lowest BCUT2D eigenvalue weighted by atomic mass is 9.68. The van der Waals surface area contributed by atoms with Gasteiger partial charge in [0.2, 0.25) is 5.91 Å². The van der Waals surface area contributed by atoms with Crippen molar-refractivity contribution in [3.63, 3.8) is 0 Å². The van der Waals surface area contributed by atoms with E-state index in [-0.39, 0.29) is 22.8 Å². The minimum absolute atomic E-state index is 0.0573. The highest BCUT2D eigenvalue weighted by molar-refractivity contribution is 9.10. The number of carbonyl (C=O) groups is 1. The number of H-pyrrole nitrogens is 1. The normalized spacial score (nSPS) is 19.2. The Balaban J connectivity index is 0.000000531. The van der Waals surface area contributed by atoms with Crippen LogP contribution in [-0.4, -0.2) is 70.3 Å². The number of ether oxygens (including phenoxy) is 1. The highest BCUT2D eigenvalue weighted by atomic mass is 79.9. The van der Waals surface area contributed by atoms with Crippen LogP contribution in [0.4, 0.5) is 0 Å². The molecule has 2 saturated heterocycles. The third-order valence-corrected chi connectivity index (χ3v) is 9.32. The lowest BCUT2D eigenvalue weighted by Gasteiger charge is -2.44. The van der Waals surface area contributed by atoms with E-state index in [1.54, 1.807) is 6.20 Å². The number of likely N-dealkylation sites (tertiary alicyclic amines) is 1. The first-order chi connectivity index (χ1) is 22.2. The Hall–Kier alpha value is -3.72. The average molecular weight is 695 g/mol. The number of fused-ring (bicyclic) bond motifs is 3. The van der Waals surface area contributed by atoms with Crippen LogP contribution < -0.4 is 10.9 Å². The third-order valence-electron chi connectivity index (χ3n) is 8.86. The molecule has 10 nitrogen and oxygen atoms in total. The minimum Gasteiger partial charge on any atom is -0.462 e. The van der Waals surface area contributed by atoms with Gasteiger partial charge in [0.05, 0.1) is 12.3 Å². The number of aryl methyl sites for hydroxylation is 1. The van der Waals surface area contributed by atoms with E-state index in [2.05, 4.69) is 51.5 Å². The molecule has 2 aliphatic heterocycles. The summed E-state index contributed by atoms with van der Waals surface area (Å²) in [6.45, 7) is 11.0. The molecule has 0 saturated carbocycles. The number of aliphatic hydroxyl groups excluding tert-OH is 1. The Bertz CT molecular complexity index is 1700. The molecule has 2 atom stereocenters. The number of terminal acetylenes is 1. The first-order valence-corrected chi connectivity index (χ1v) is 16.7. The molecule has 246 valence electrons. The molecule has 2 fully saturated rings. The lowest BCUT2D eigenvalue weighted by Crippen LogP contribution is -2.51. The number of nitrogens with zero attached hydrogens (tertiary/aromatic N) is 3. The van der Waals surface area contributed by atoms with Crippen LogP contribution in [0.3, 0.4) is 0 Å². The van der Waals surface area contributed by atoms with Gasteiger partial charge in [-0.25, -0.2) is 9.97 Å². The van der Waals surface area contributed by atoms with Gasteiger partial charge in [-0.05, 0) is 85.7 Å². The molecule has 1 amide bonds. The van der Waals surface area contributed by atoms with Gasteiger partial charge in [0.25, 0.3) is 5.56 Å². The standard InChI is InChI=1S/C29H33BrN4O4.C4H9N.C2H2O/c1-18-17-34(12-11-29(18,3)22-15-20(30)16-31-28(22)36)25(35)9-6-13-37-14-10-24-32-19(2)27-26(33-24)21-7-4-5-8-23(21)38-27;1-2-4-5-3-1;1-2-3/h4-5,7-8,15-16,18H,6,9-14,17H2,1-3H3,(H,31,36);5H,1-4H2;1,3H. The molecule has 3 N–H and O–H groups in total. The van der Waals surface area contributed by atoms with Crippen molar-refractivity contribution >= 4 is 43.9 Å². The first kappa shape index (κ1) is 35.1. The SMILES string of the molecule is C#CO.C1CCNC1.Cc1nc(CCOCCCC(=O)N2CCC(C)(c3cc(Br)c[nH]c3=O)C(C)C2)nc2c1oc1ccccc12. The number of nitrogens with one attached hydrogen (secondary N) is 2. The van der Waals surface area contributed by atoms with Gasteiger partial charge < -0.3 is 29.5 Å². The number of rotatable bonds is 8. The van der Waals surface area contributed by atoms with E-state index in [1.807, 2.05) is 42.2 Å². The molecule has 0 radical (unpaired) electrons. The highest BCUT2D eigenvalue weighted by Gasteiger charge is 2.40. The van der Waals surface area contributed by atoms with Crippen LogP contribution in [0.15, 0.2) is 50.2 Å². The number of piperidine rings is 1. The molecule has 0 spiro atoms. The number of halogens is 1. The zero-order chi connectivity index (χ0) is 33.1. The number of pyridine rings is 1. The van der Waals surface area contributed by atoms with Crippen LogP contribution in [0.2, 0.25) is 0 Å². The number of carbonyl (C=O) groups excluding carboxylic acids is 1. The predicted octanol–water partition coefficient (Wildman–Crippen LogP) is 5.62. The lowest BCUT2D eigenvalue weighted by molar-refractivity contribution is -0.134. The fourth-order valence-electron chi connectivity index (χ4n) is 6.02. The quantitative estimate of drug-likeness (QED) is 0.160. The zero-order valence-corrected chi connectivity index (χ0v) is 28.5. The second-order valence-corrected chi connectivity index (χ2v) is 12.9.